The molecule has 1 aromatic carbocycles. The van der Waals surface area contributed by atoms with Crippen LogP contribution in [0.2, 0.25) is 0 Å². The van der Waals surface area contributed by atoms with E-state index in [1.165, 1.54) is 11.1 Å². The second kappa shape index (κ2) is 4.80. The van der Waals surface area contributed by atoms with E-state index < -0.39 is 0 Å². The van der Waals surface area contributed by atoms with Gasteiger partial charge in [-0.2, -0.15) is 5.10 Å². The SMILES string of the molecule is Cc1nc(N2CCc3ccccc3C2)c2c(n1)c(C)nn2C. The van der Waals surface area contributed by atoms with Gasteiger partial charge in [0.1, 0.15) is 16.9 Å². The first-order valence-corrected chi connectivity index (χ1v) is 7.63. The fourth-order valence-electron chi connectivity index (χ4n) is 3.32. The lowest BCUT2D eigenvalue weighted by Crippen LogP contribution is -2.31. The molecule has 3 aromatic rings. The van der Waals surface area contributed by atoms with Crippen LogP contribution in [-0.4, -0.2) is 26.3 Å². The minimum absolute atomic E-state index is 0.803. The molecule has 0 amide bonds. The molecule has 3 heterocycles. The zero-order valence-corrected chi connectivity index (χ0v) is 13.2. The number of anilines is 1. The third-order valence-corrected chi connectivity index (χ3v) is 4.37. The molecule has 22 heavy (non-hydrogen) atoms. The molecule has 0 saturated carbocycles. The van der Waals surface area contributed by atoms with Crippen molar-refractivity contribution in [2.24, 2.45) is 7.05 Å². The Morgan fingerprint density at radius 3 is 2.64 bits per heavy atom. The van der Waals surface area contributed by atoms with E-state index in [4.69, 9.17) is 4.98 Å². The summed E-state index contributed by atoms with van der Waals surface area (Å²) in [6.07, 6.45) is 1.05. The van der Waals surface area contributed by atoms with Gasteiger partial charge < -0.3 is 4.90 Å². The number of rotatable bonds is 1. The first-order valence-electron chi connectivity index (χ1n) is 7.63. The Bertz CT molecular complexity index is 865. The maximum atomic E-state index is 4.73. The lowest BCUT2D eigenvalue weighted by molar-refractivity contribution is 0.713. The first-order chi connectivity index (χ1) is 10.6. The molecule has 5 nitrogen and oxygen atoms in total. The number of hydrogen-bond donors (Lipinski definition) is 0. The molecule has 0 fully saturated rings. The molecule has 0 unspecified atom stereocenters. The average Bonchev–Trinajstić information content (AvgIpc) is 2.80. The van der Waals surface area contributed by atoms with Crippen molar-refractivity contribution in [3.05, 3.63) is 46.9 Å². The Kier molecular flexibility index (Phi) is 2.89. The third kappa shape index (κ3) is 1.96. The Morgan fingerprint density at radius 2 is 1.82 bits per heavy atom. The highest BCUT2D eigenvalue weighted by Crippen LogP contribution is 2.29. The lowest BCUT2D eigenvalue weighted by atomic mass is 10.00. The average molecular weight is 293 g/mol. The largest absolute Gasteiger partial charge is 0.350 e. The van der Waals surface area contributed by atoms with Gasteiger partial charge in [-0.3, -0.25) is 4.68 Å². The van der Waals surface area contributed by atoms with E-state index in [1.807, 2.05) is 25.6 Å². The topological polar surface area (TPSA) is 46.8 Å². The fourth-order valence-corrected chi connectivity index (χ4v) is 3.32. The predicted octanol–water partition coefficient (Wildman–Crippen LogP) is 2.54. The van der Waals surface area contributed by atoms with E-state index in [9.17, 15) is 0 Å². The van der Waals surface area contributed by atoms with Crippen molar-refractivity contribution >= 4 is 16.9 Å². The molecule has 4 rings (SSSR count). The molecular formula is C17H19N5. The predicted molar refractivity (Wildman–Crippen MR) is 87.0 cm³/mol. The van der Waals surface area contributed by atoms with Crippen LogP contribution in [0.3, 0.4) is 0 Å². The number of fused-ring (bicyclic) bond motifs is 2. The third-order valence-electron chi connectivity index (χ3n) is 4.37. The van der Waals surface area contributed by atoms with Crippen molar-refractivity contribution in [2.75, 3.05) is 11.4 Å². The van der Waals surface area contributed by atoms with Crippen LogP contribution in [0.15, 0.2) is 24.3 Å². The Hall–Kier alpha value is -2.43. The molecule has 112 valence electrons. The van der Waals surface area contributed by atoms with Gasteiger partial charge in [-0.25, -0.2) is 9.97 Å². The molecule has 1 aliphatic rings. The maximum absolute atomic E-state index is 4.73. The van der Waals surface area contributed by atoms with Gasteiger partial charge >= 0.3 is 0 Å². The summed E-state index contributed by atoms with van der Waals surface area (Å²) in [5.41, 5.74) is 5.78. The van der Waals surface area contributed by atoms with Crippen LogP contribution in [0.5, 0.6) is 0 Å². The highest BCUT2D eigenvalue weighted by Gasteiger charge is 2.22. The highest BCUT2D eigenvalue weighted by molar-refractivity contribution is 5.88. The Balaban J connectivity index is 1.85. The second-order valence-corrected chi connectivity index (χ2v) is 5.94. The molecule has 2 aromatic heterocycles. The summed E-state index contributed by atoms with van der Waals surface area (Å²) in [4.78, 5) is 11.6. The molecule has 0 atom stereocenters. The summed E-state index contributed by atoms with van der Waals surface area (Å²) in [5, 5.41) is 4.52. The monoisotopic (exact) mass is 293 g/mol. The van der Waals surface area contributed by atoms with Crippen LogP contribution in [0, 0.1) is 13.8 Å². The van der Waals surface area contributed by atoms with E-state index in [0.29, 0.717) is 0 Å². The van der Waals surface area contributed by atoms with E-state index in [-0.39, 0.29) is 0 Å². The maximum Gasteiger partial charge on any atom is 0.158 e. The normalized spacial score (nSPS) is 14.4. The molecule has 5 heteroatoms. The second-order valence-electron chi connectivity index (χ2n) is 5.94. The van der Waals surface area contributed by atoms with Gasteiger partial charge in [-0.1, -0.05) is 24.3 Å². The van der Waals surface area contributed by atoms with Crippen molar-refractivity contribution in [2.45, 2.75) is 26.8 Å². The van der Waals surface area contributed by atoms with Gasteiger partial charge in [0.2, 0.25) is 0 Å². The van der Waals surface area contributed by atoms with Crippen LogP contribution in [-0.2, 0) is 20.0 Å². The number of hydrogen-bond acceptors (Lipinski definition) is 4. The van der Waals surface area contributed by atoms with Gasteiger partial charge in [-0.05, 0) is 31.4 Å². The van der Waals surface area contributed by atoms with Gasteiger partial charge in [0.05, 0.1) is 5.69 Å². The minimum atomic E-state index is 0.803. The van der Waals surface area contributed by atoms with E-state index in [1.54, 1.807) is 0 Å². The van der Waals surface area contributed by atoms with E-state index in [0.717, 1.165) is 47.9 Å². The van der Waals surface area contributed by atoms with Gasteiger partial charge in [0.25, 0.3) is 0 Å². The number of aromatic nitrogens is 4. The van der Waals surface area contributed by atoms with Crippen LogP contribution in [0.25, 0.3) is 11.0 Å². The molecule has 1 aliphatic heterocycles. The summed E-state index contributed by atoms with van der Waals surface area (Å²) < 4.78 is 1.90. The van der Waals surface area contributed by atoms with Crippen molar-refractivity contribution in [1.82, 2.24) is 19.7 Å². The summed E-state index contributed by atoms with van der Waals surface area (Å²) in [6, 6.07) is 8.66. The van der Waals surface area contributed by atoms with Crippen LogP contribution >= 0.6 is 0 Å². The molecule has 0 bridgehead atoms. The van der Waals surface area contributed by atoms with Crippen LogP contribution in [0.1, 0.15) is 22.6 Å². The molecule has 0 spiro atoms. The van der Waals surface area contributed by atoms with Crippen molar-refractivity contribution in [3.8, 4) is 0 Å². The van der Waals surface area contributed by atoms with Crippen LogP contribution in [0.4, 0.5) is 5.82 Å². The fraction of sp³-hybridized carbons (Fsp3) is 0.353. The number of benzene rings is 1. The van der Waals surface area contributed by atoms with Crippen LogP contribution < -0.4 is 4.90 Å². The summed E-state index contributed by atoms with van der Waals surface area (Å²) >= 11 is 0. The molecule has 0 N–H and O–H groups in total. The quantitative estimate of drug-likeness (QED) is 0.692. The number of nitrogens with zero attached hydrogens (tertiary/aromatic N) is 5. The summed E-state index contributed by atoms with van der Waals surface area (Å²) in [7, 11) is 1.97. The van der Waals surface area contributed by atoms with Crippen molar-refractivity contribution in [3.63, 3.8) is 0 Å². The zero-order chi connectivity index (χ0) is 15.3. The highest BCUT2D eigenvalue weighted by atomic mass is 15.3. The first kappa shape index (κ1) is 13.2. The standard InChI is InChI=1S/C17H19N5/c1-11-15-16(21(3)20-11)17(19-12(2)18-15)22-9-8-13-6-4-5-7-14(13)10-22/h4-7H,8-10H2,1-3H3. The Labute approximate surface area is 129 Å². The van der Waals surface area contributed by atoms with Gasteiger partial charge in [0.15, 0.2) is 5.82 Å². The minimum Gasteiger partial charge on any atom is -0.350 e. The molecule has 0 saturated heterocycles. The number of aryl methyl sites for hydroxylation is 3. The molecule has 0 radical (unpaired) electrons. The smallest absolute Gasteiger partial charge is 0.158 e. The summed E-state index contributed by atoms with van der Waals surface area (Å²) in [5.74, 6) is 1.80. The summed E-state index contributed by atoms with van der Waals surface area (Å²) in [6.45, 7) is 5.83. The zero-order valence-electron chi connectivity index (χ0n) is 13.2. The van der Waals surface area contributed by atoms with Gasteiger partial charge in [0, 0.05) is 20.1 Å². The Morgan fingerprint density at radius 1 is 1.05 bits per heavy atom. The van der Waals surface area contributed by atoms with E-state index >= 15 is 0 Å². The lowest BCUT2D eigenvalue weighted by Gasteiger charge is -2.30. The van der Waals surface area contributed by atoms with Crippen molar-refractivity contribution in [1.29, 1.82) is 0 Å². The van der Waals surface area contributed by atoms with Crippen molar-refractivity contribution < 1.29 is 0 Å². The van der Waals surface area contributed by atoms with E-state index in [2.05, 4.69) is 39.2 Å². The molecule has 0 aliphatic carbocycles. The van der Waals surface area contributed by atoms with Gasteiger partial charge in [-0.15, -0.1) is 0 Å². The molecular weight excluding hydrogens is 274 g/mol.